The Balaban J connectivity index is 2.19. The van der Waals surface area contributed by atoms with Gasteiger partial charge in [-0.05, 0) is 0 Å². The van der Waals surface area contributed by atoms with Crippen molar-refractivity contribution in [2.45, 2.75) is 11.4 Å². The van der Waals surface area contributed by atoms with Crippen molar-refractivity contribution in [1.82, 2.24) is 14.8 Å². The van der Waals surface area contributed by atoms with Crippen molar-refractivity contribution in [2.75, 3.05) is 11.3 Å². The molecular formula is C8H11N5O2S2. The highest BCUT2D eigenvalue weighted by Gasteiger charge is 2.17. The van der Waals surface area contributed by atoms with Crippen LogP contribution in [0.15, 0.2) is 28.9 Å². The van der Waals surface area contributed by atoms with Gasteiger partial charge in [0.25, 0.3) is 10.0 Å². The molecule has 0 aliphatic heterocycles. The van der Waals surface area contributed by atoms with Gasteiger partial charge in [-0.25, -0.2) is 13.4 Å². The molecule has 7 nitrogen and oxygen atoms in total. The molecule has 0 bridgehead atoms. The van der Waals surface area contributed by atoms with Crippen LogP contribution in [0.25, 0.3) is 0 Å². The number of nitrogens with one attached hydrogen (secondary N) is 1. The molecule has 0 aromatic carbocycles. The summed E-state index contributed by atoms with van der Waals surface area (Å²) in [7, 11) is -3.61. The van der Waals surface area contributed by atoms with Crippen molar-refractivity contribution >= 4 is 26.5 Å². The van der Waals surface area contributed by atoms with E-state index in [0.717, 1.165) is 0 Å². The normalized spacial score (nSPS) is 11.6. The molecule has 92 valence electrons. The van der Waals surface area contributed by atoms with Gasteiger partial charge in [-0.1, -0.05) is 0 Å². The van der Waals surface area contributed by atoms with E-state index in [-0.39, 0.29) is 4.90 Å². The Bertz CT molecular complexity index is 575. The number of hydrogen-bond acceptors (Lipinski definition) is 6. The molecule has 0 fully saturated rings. The monoisotopic (exact) mass is 273 g/mol. The average molecular weight is 273 g/mol. The van der Waals surface area contributed by atoms with Crippen LogP contribution in [0.5, 0.6) is 0 Å². The van der Waals surface area contributed by atoms with E-state index in [0.29, 0.717) is 18.2 Å². The van der Waals surface area contributed by atoms with Crippen molar-refractivity contribution in [3.8, 4) is 0 Å². The molecule has 3 N–H and O–H groups in total. The lowest BCUT2D eigenvalue weighted by Gasteiger charge is -2.01. The predicted octanol–water partition coefficient (Wildman–Crippen LogP) is 0.0991. The van der Waals surface area contributed by atoms with Crippen molar-refractivity contribution in [3.05, 3.63) is 24.0 Å². The van der Waals surface area contributed by atoms with E-state index in [2.05, 4.69) is 14.8 Å². The molecule has 0 atom stereocenters. The molecule has 2 aromatic heterocycles. The SMILES string of the molecule is NCCn1cc(S(=O)(=O)Nc2nccs2)cn1. The third-order valence-corrected chi connectivity index (χ3v) is 4.04. The van der Waals surface area contributed by atoms with Crippen LogP contribution in [0.3, 0.4) is 0 Å². The highest BCUT2D eigenvalue weighted by Crippen LogP contribution is 2.17. The van der Waals surface area contributed by atoms with Gasteiger partial charge in [-0.2, -0.15) is 5.10 Å². The second-order valence-electron chi connectivity index (χ2n) is 3.17. The summed E-state index contributed by atoms with van der Waals surface area (Å²) in [6.07, 6.45) is 4.24. The van der Waals surface area contributed by atoms with E-state index in [4.69, 9.17) is 5.73 Å². The first-order valence-corrected chi connectivity index (χ1v) is 7.13. The molecule has 17 heavy (non-hydrogen) atoms. The van der Waals surface area contributed by atoms with Gasteiger partial charge < -0.3 is 5.73 Å². The molecule has 2 heterocycles. The molecule has 0 aliphatic carbocycles. The second kappa shape index (κ2) is 4.82. The first-order chi connectivity index (χ1) is 8.12. The molecule has 2 rings (SSSR count). The van der Waals surface area contributed by atoms with Gasteiger partial charge >= 0.3 is 0 Å². The zero-order valence-electron chi connectivity index (χ0n) is 8.78. The zero-order valence-corrected chi connectivity index (χ0v) is 10.4. The number of anilines is 1. The van der Waals surface area contributed by atoms with E-state index >= 15 is 0 Å². The van der Waals surface area contributed by atoms with Crippen LogP contribution in [0, 0.1) is 0 Å². The van der Waals surface area contributed by atoms with E-state index < -0.39 is 10.0 Å². The number of thiazole rings is 1. The molecule has 0 saturated heterocycles. The average Bonchev–Trinajstić information content (AvgIpc) is 2.88. The van der Waals surface area contributed by atoms with Crippen molar-refractivity contribution in [1.29, 1.82) is 0 Å². The fourth-order valence-electron chi connectivity index (χ4n) is 1.19. The molecule has 0 aliphatic rings. The molecule has 0 amide bonds. The summed E-state index contributed by atoms with van der Waals surface area (Å²) < 4.78 is 27.6. The topological polar surface area (TPSA) is 103 Å². The maximum Gasteiger partial charge on any atom is 0.266 e. The molecule has 0 saturated carbocycles. The fourth-order valence-corrected chi connectivity index (χ4v) is 2.93. The lowest BCUT2D eigenvalue weighted by atomic mass is 10.6. The van der Waals surface area contributed by atoms with Gasteiger partial charge in [-0.15, -0.1) is 11.3 Å². The Morgan fingerprint density at radius 3 is 3.00 bits per heavy atom. The molecule has 2 aromatic rings. The maximum atomic E-state index is 11.9. The van der Waals surface area contributed by atoms with Gasteiger partial charge in [-0.3, -0.25) is 9.40 Å². The van der Waals surface area contributed by atoms with E-state index in [1.165, 1.54) is 34.6 Å². The van der Waals surface area contributed by atoms with E-state index in [1.54, 1.807) is 5.38 Å². The molecule has 0 radical (unpaired) electrons. The highest BCUT2D eigenvalue weighted by molar-refractivity contribution is 7.93. The van der Waals surface area contributed by atoms with E-state index in [1.807, 2.05) is 0 Å². The van der Waals surface area contributed by atoms with Crippen LogP contribution >= 0.6 is 11.3 Å². The number of hydrogen-bond donors (Lipinski definition) is 2. The third kappa shape index (κ3) is 2.81. The third-order valence-electron chi connectivity index (χ3n) is 1.93. The van der Waals surface area contributed by atoms with E-state index in [9.17, 15) is 8.42 Å². The van der Waals surface area contributed by atoms with Gasteiger partial charge in [0.1, 0.15) is 4.90 Å². The first kappa shape index (κ1) is 12.0. The van der Waals surface area contributed by atoms with Crippen molar-refractivity contribution in [3.63, 3.8) is 0 Å². The summed E-state index contributed by atoms with van der Waals surface area (Å²) in [5.41, 5.74) is 5.35. The second-order valence-corrected chi connectivity index (χ2v) is 5.75. The fraction of sp³-hybridized carbons (Fsp3) is 0.250. The molecule has 9 heteroatoms. The first-order valence-electron chi connectivity index (χ1n) is 4.76. The quantitative estimate of drug-likeness (QED) is 0.804. The van der Waals surface area contributed by atoms with Gasteiger partial charge in [0.2, 0.25) is 0 Å². The Morgan fingerprint density at radius 2 is 2.35 bits per heavy atom. The molecule has 0 unspecified atom stereocenters. The number of rotatable bonds is 5. The van der Waals surface area contributed by atoms with Crippen molar-refractivity contribution in [2.24, 2.45) is 5.73 Å². The Kier molecular flexibility index (Phi) is 3.41. The number of aromatic nitrogens is 3. The summed E-state index contributed by atoms with van der Waals surface area (Å²) in [5.74, 6) is 0. The summed E-state index contributed by atoms with van der Waals surface area (Å²) in [4.78, 5) is 3.95. The predicted molar refractivity (Wildman–Crippen MR) is 64.2 cm³/mol. The van der Waals surface area contributed by atoms with Crippen LogP contribution < -0.4 is 10.5 Å². The Hall–Kier alpha value is -1.45. The number of sulfonamides is 1. The summed E-state index contributed by atoms with van der Waals surface area (Å²) >= 11 is 1.21. The van der Waals surface area contributed by atoms with Gasteiger partial charge in [0, 0.05) is 24.3 Å². The minimum absolute atomic E-state index is 0.0983. The van der Waals surface area contributed by atoms with Crippen LogP contribution in [0.1, 0.15) is 0 Å². The minimum Gasteiger partial charge on any atom is -0.329 e. The van der Waals surface area contributed by atoms with Crippen molar-refractivity contribution < 1.29 is 8.42 Å². The number of nitrogens with two attached hydrogens (primary N) is 1. The van der Waals surface area contributed by atoms with Crippen LogP contribution in [0.2, 0.25) is 0 Å². The molecule has 0 spiro atoms. The molecular weight excluding hydrogens is 262 g/mol. The lowest BCUT2D eigenvalue weighted by molar-refractivity contribution is 0.599. The summed E-state index contributed by atoms with van der Waals surface area (Å²) in [5, 5.41) is 5.92. The minimum atomic E-state index is -3.61. The van der Waals surface area contributed by atoms with Gasteiger partial charge in [0.05, 0.1) is 12.7 Å². The van der Waals surface area contributed by atoms with Gasteiger partial charge in [0.15, 0.2) is 5.13 Å². The highest BCUT2D eigenvalue weighted by atomic mass is 32.2. The lowest BCUT2D eigenvalue weighted by Crippen LogP contribution is -2.13. The van der Waals surface area contributed by atoms with Crippen LogP contribution in [0.4, 0.5) is 5.13 Å². The summed E-state index contributed by atoms with van der Waals surface area (Å²) in [6.45, 7) is 0.883. The standard InChI is InChI=1S/C8H11N5O2S2/c9-1-3-13-6-7(5-11-13)17(14,15)12-8-10-2-4-16-8/h2,4-6H,1,3,9H2,(H,10,12). The zero-order chi connectivity index (χ0) is 12.3. The van der Waals surface area contributed by atoms with Crippen LogP contribution in [-0.2, 0) is 16.6 Å². The Morgan fingerprint density at radius 1 is 1.53 bits per heavy atom. The largest absolute Gasteiger partial charge is 0.329 e. The Labute approximate surface area is 102 Å². The maximum absolute atomic E-state index is 11.9. The number of nitrogens with zero attached hydrogens (tertiary/aromatic N) is 3. The van der Waals surface area contributed by atoms with Crippen LogP contribution in [-0.4, -0.2) is 29.7 Å². The smallest absolute Gasteiger partial charge is 0.266 e. The summed E-state index contributed by atoms with van der Waals surface area (Å²) in [6, 6.07) is 0.